The first-order chi connectivity index (χ1) is 2.71. The Morgan fingerprint density at radius 3 is 1.83 bits per heavy atom. The molecule has 2 heteroatoms. The van der Waals surface area contributed by atoms with E-state index in [0.29, 0.717) is 12.8 Å². The summed E-state index contributed by atoms with van der Waals surface area (Å²) < 4.78 is 0. The highest BCUT2D eigenvalue weighted by Crippen LogP contribution is 2.28. The number of rotatable bonds is 0. The van der Waals surface area contributed by atoms with E-state index in [-0.39, 0.29) is 0 Å². The molecule has 1 rings (SSSR count). The van der Waals surface area contributed by atoms with E-state index in [2.05, 4.69) is 0 Å². The SMILES string of the molecule is [O]C1(O)CCC1. The van der Waals surface area contributed by atoms with Crippen LogP contribution in [0.25, 0.3) is 0 Å². The van der Waals surface area contributed by atoms with E-state index in [1.165, 1.54) is 0 Å². The van der Waals surface area contributed by atoms with Crippen LogP contribution in [0.5, 0.6) is 0 Å². The van der Waals surface area contributed by atoms with Crippen molar-refractivity contribution in [2.24, 2.45) is 0 Å². The molecule has 0 spiro atoms. The van der Waals surface area contributed by atoms with Crippen LogP contribution in [0.2, 0.25) is 0 Å². The van der Waals surface area contributed by atoms with Gasteiger partial charge in [0.1, 0.15) is 0 Å². The summed E-state index contributed by atoms with van der Waals surface area (Å²) >= 11 is 0. The molecule has 2 nitrogen and oxygen atoms in total. The zero-order valence-electron chi connectivity index (χ0n) is 3.48. The van der Waals surface area contributed by atoms with Gasteiger partial charge in [-0.15, -0.1) is 0 Å². The Labute approximate surface area is 36.4 Å². The van der Waals surface area contributed by atoms with Crippen molar-refractivity contribution in [3.8, 4) is 0 Å². The first-order valence-electron chi connectivity index (χ1n) is 2.13. The second-order valence-corrected chi connectivity index (χ2v) is 1.80. The highest BCUT2D eigenvalue weighted by molar-refractivity contribution is 4.74. The summed E-state index contributed by atoms with van der Waals surface area (Å²) in [5, 5.41) is 18.5. The van der Waals surface area contributed by atoms with Crippen LogP contribution in [0.4, 0.5) is 0 Å². The fraction of sp³-hybridized carbons (Fsp3) is 1.00. The summed E-state index contributed by atoms with van der Waals surface area (Å²) in [6.07, 6.45) is 1.81. The van der Waals surface area contributed by atoms with E-state index in [4.69, 9.17) is 5.11 Å². The van der Waals surface area contributed by atoms with Gasteiger partial charge in [-0.3, -0.25) is 0 Å². The van der Waals surface area contributed by atoms with Gasteiger partial charge in [0, 0.05) is 12.8 Å². The molecule has 1 fully saturated rings. The van der Waals surface area contributed by atoms with E-state index in [1.807, 2.05) is 0 Å². The molecule has 0 aromatic rings. The first kappa shape index (κ1) is 4.09. The molecule has 1 aliphatic rings. The maximum absolute atomic E-state index is 10.1. The Hall–Kier alpha value is -0.0800. The molecule has 1 saturated carbocycles. The van der Waals surface area contributed by atoms with Crippen molar-refractivity contribution in [2.45, 2.75) is 25.0 Å². The van der Waals surface area contributed by atoms with E-state index >= 15 is 0 Å². The maximum atomic E-state index is 10.1. The van der Waals surface area contributed by atoms with Gasteiger partial charge < -0.3 is 5.11 Å². The molecule has 0 aliphatic heterocycles. The molecular weight excluding hydrogens is 80.0 g/mol. The lowest BCUT2D eigenvalue weighted by molar-refractivity contribution is -0.250. The van der Waals surface area contributed by atoms with Gasteiger partial charge in [0.2, 0.25) is 0 Å². The average molecular weight is 87.1 g/mol. The molecular formula is C4H7O2. The minimum absolute atomic E-state index is 0.451. The molecule has 0 aromatic carbocycles. The topological polar surface area (TPSA) is 40.1 Å². The highest BCUT2D eigenvalue weighted by Gasteiger charge is 2.33. The van der Waals surface area contributed by atoms with E-state index in [1.54, 1.807) is 0 Å². The molecule has 0 heterocycles. The summed E-state index contributed by atoms with van der Waals surface area (Å²) in [6, 6.07) is 0. The van der Waals surface area contributed by atoms with E-state index < -0.39 is 5.79 Å². The molecule has 6 heavy (non-hydrogen) atoms. The third-order valence-electron chi connectivity index (χ3n) is 1.13. The Bertz CT molecular complexity index is 52.6. The van der Waals surface area contributed by atoms with Crippen LogP contribution in [0.15, 0.2) is 0 Å². The van der Waals surface area contributed by atoms with Crippen molar-refractivity contribution in [1.29, 1.82) is 0 Å². The Kier molecular flexibility index (Phi) is 0.648. The van der Waals surface area contributed by atoms with Gasteiger partial charge in [0.15, 0.2) is 5.79 Å². The van der Waals surface area contributed by atoms with Crippen LogP contribution >= 0.6 is 0 Å². The summed E-state index contributed by atoms with van der Waals surface area (Å²) in [5.74, 6) is -1.53. The Morgan fingerprint density at radius 2 is 1.83 bits per heavy atom. The monoisotopic (exact) mass is 87.0 g/mol. The zero-order valence-corrected chi connectivity index (χ0v) is 3.48. The summed E-state index contributed by atoms with van der Waals surface area (Å²) in [4.78, 5) is 0. The van der Waals surface area contributed by atoms with Crippen molar-refractivity contribution in [1.82, 2.24) is 0 Å². The van der Waals surface area contributed by atoms with Crippen molar-refractivity contribution in [2.75, 3.05) is 0 Å². The summed E-state index contributed by atoms with van der Waals surface area (Å²) in [6.45, 7) is 0. The molecule has 0 amide bonds. The lowest BCUT2D eigenvalue weighted by Gasteiger charge is -2.27. The van der Waals surface area contributed by atoms with E-state index in [9.17, 15) is 5.11 Å². The average Bonchev–Trinajstić information content (AvgIpc) is 1.32. The summed E-state index contributed by atoms with van der Waals surface area (Å²) in [7, 11) is 0. The van der Waals surface area contributed by atoms with Gasteiger partial charge >= 0.3 is 0 Å². The van der Waals surface area contributed by atoms with Crippen LogP contribution in [-0.2, 0) is 5.11 Å². The molecule has 1 radical (unpaired) electrons. The van der Waals surface area contributed by atoms with Crippen LogP contribution in [0.3, 0.4) is 0 Å². The molecule has 0 atom stereocenters. The van der Waals surface area contributed by atoms with Gasteiger partial charge in [-0.1, -0.05) is 0 Å². The predicted molar refractivity (Wildman–Crippen MR) is 19.5 cm³/mol. The molecule has 1 N–H and O–H groups in total. The van der Waals surface area contributed by atoms with Crippen molar-refractivity contribution in [3.63, 3.8) is 0 Å². The number of hydrogen-bond donors (Lipinski definition) is 1. The Morgan fingerprint density at radius 1 is 1.50 bits per heavy atom. The number of aliphatic hydroxyl groups is 1. The third-order valence-corrected chi connectivity index (χ3v) is 1.13. The normalized spacial score (nSPS) is 29.0. The van der Waals surface area contributed by atoms with Crippen LogP contribution in [0, 0.1) is 0 Å². The van der Waals surface area contributed by atoms with Gasteiger partial charge in [-0.05, 0) is 6.42 Å². The standard InChI is InChI=1S/C4H7O2/c5-4(6)2-1-3-4/h5H,1-3H2. The van der Waals surface area contributed by atoms with Crippen molar-refractivity contribution < 1.29 is 10.2 Å². The molecule has 0 aromatic heterocycles. The van der Waals surface area contributed by atoms with Gasteiger partial charge in [-0.2, -0.15) is 5.11 Å². The van der Waals surface area contributed by atoms with Crippen molar-refractivity contribution in [3.05, 3.63) is 0 Å². The van der Waals surface area contributed by atoms with Crippen LogP contribution in [0.1, 0.15) is 19.3 Å². The summed E-state index contributed by atoms with van der Waals surface area (Å²) in [5.41, 5.74) is 0. The van der Waals surface area contributed by atoms with Crippen LogP contribution < -0.4 is 0 Å². The Balaban J connectivity index is 2.31. The lowest BCUT2D eigenvalue weighted by atomic mass is 9.92. The largest absolute Gasteiger partial charge is 0.363 e. The molecule has 0 saturated heterocycles. The third kappa shape index (κ3) is 0.533. The zero-order chi connectivity index (χ0) is 4.62. The quantitative estimate of drug-likeness (QED) is 0.424. The minimum Gasteiger partial charge on any atom is -0.363 e. The van der Waals surface area contributed by atoms with Gasteiger partial charge in [0.05, 0.1) is 0 Å². The second-order valence-electron chi connectivity index (χ2n) is 1.80. The van der Waals surface area contributed by atoms with Gasteiger partial charge in [-0.25, -0.2) is 0 Å². The van der Waals surface area contributed by atoms with Gasteiger partial charge in [0.25, 0.3) is 0 Å². The molecule has 35 valence electrons. The smallest absolute Gasteiger partial charge is 0.199 e. The van der Waals surface area contributed by atoms with E-state index in [0.717, 1.165) is 6.42 Å². The fourth-order valence-corrected chi connectivity index (χ4v) is 0.479. The lowest BCUT2D eigenvalue weighted by Crippen LogP contribution is -2.34. The van der Waals surface area contributed by atoms with Crippen molar-refractivity contribution >= 4 is 0 Å². The maximum Gasteiger partial charge on any atom is 0.199 e. The highest BCUT2D eigenvalue weighted by atomic mass is 16.5. The number of hydrogen-bond acceptors (Lipinski definition) is 1. The molecule has 0 unspecified atom stereocenters. The minimum atomic E-state index is -1.53. The molecule has 1 aliphatic carbocycles. The first-order valence-corrected chi connectivity index (χ1v) is 2.13. The molecule has 0 bridgehead atoms. The second kappa shape index (κ2) is 0.950. The van der Waals surface area contributed by atoms with Crippen LogP contribution in [-0.4, -0.2) is 10.9 Å². The predicted octanol–water partition coefficient (Wildman–Crippen LogP) is 0.289. The fourth-order valence-electron chi connectivity index (χ4n) is 0.479.